The van der Waals surface area contributed by atoms with Crippen molar-refractivity contribution in [3.8, 4) is 0 Å². The van der Waals surface area contributed by atoms with Gasteiger partial charge >= 0.3 is 0 Å². The van der Waals surface area contributed by atoms with Gasteiger partial charge in [-0.05, 0) is 43.4 Å². The highest BCUT2D eigenvalue weighted by atomic mass is 16.2. The van der Waals surface area contributed by atoms with E-state index in [-0.39, 0.29) is 5.91 Å². The molecule has 21 heavy (non-hydrogen) atoms. The molecule has 0 atom stereocenters. The van der Waals surface area contributed by atoms with E-state index in [1.165, 1.54) is 0 Å². The lowest BCUT2D eigenvalue weighted by Gasteiger charge is -2.23. The number of nitrogens with one attached hydrogen (secondary N) is 1. The molecule has 3 rings (SSSR count). The molecule has 0 bridgehead atoms. The monoisotopic (exact) mass is 285 g/mol. The summed E-state index contributed by atoms with van der Waals surface area (Å²) in [5.41, 5.74) is 8.20. The normalized spacial score (nSPS) is 14.8. The Bertz CT molecular complexity index is 655. The SMILES string of the molecule is CC(C)CCN(C(=O)c1c[nH]c2cc(N)ccc12)C1CC1. The maximum atomic E-state index is 12.9. The Labute approximate surface area is 125 Å². The van der Waals surface area contributed by atoms with Crippen LogP contribution in [0.25, 0.3) is 10.9 Å². The topological polar surface area (TPSA) is 62.1 Å². The van der Waals surface area contributed by atoms with Gasteiger partial charge in [-0.25, -0.2) is 0 Å². The van der Waals surface area contributed by atoms with Gasteiger partial charge in [-0.3, -0.25) is 4.79 Å². The Morgan fingerprint density at radius 2 is 2.19 bits per heavy atom. The predicted molar refractivity (Wildman–Crippen MR) is 86.2 cm³/mol. The molecule has 0 saturated heterocycles. The lowest BCUT2D eigenvalue weighted by molar-refractivity contribution is 0.0737. The van der Waals surface area contributed by atoms with E-state index >= 15 is 0 Å². The molecule has 1 fully saturated rings. The fraction of sp³-hybridized carbons (Fsp3) is 0.471. The minimum atomic E-state index is 0.147. The van der Waals surface area contributed by atoms with Gasteiger partial charge in [0, 0.05) is 35.4 Å². The number of anilines is 1. The summed E-state index contributed by atoms with van der Waals surface area (Å²) < 4.78 is 0. The first-order valence-electron chi connectivity index (χ1n) is 7.74. The molecular weight excluding hydrogens is 262 g/mol. The number of hydrogen-bond donors (Lipinski definition) is 2. The summed E-state index contributed by atoms with van der Waals surface area (Å²) in [6.45, 7) is 5.25. The first-order chi connectivity index (χ1) is 10.1. The molecule has 1 heterocycles. The molecule has 1 amide bonds. The molecule has 1 aliphatic rings. The smallest absolute Gasteiger partial charge is 0.256 e. The summed E-state index contributed by atoms with van der Waals surface area (Å²) in [7, 11) is 0. The number of benzene rings is 1. The number of nitrogen functional groups attached to an aromatic ring is 1. The molecular formula is C17H23N3O. The minimum absolute atomic E-state index is 0.147. The van der Waals surface area contributed by atoms with Gasteiger partial charge in [-0.2, -0.15) is 0 Å². The van der Waals surface area contributed by atoms with Crippen LogP contribution in [0.5, 0.6) is 0 Å². The zero-order chi connectivity index (χ0) is 15.0. The lowest BCUT2D eigenvalue weighted by atomic mass is 10.1. The lowest BCUT2D eigenvalue weighted by Crippen LogP contribution is -2.34. The molecule has 1 aromatic heterocycles. The van der Waals surface area contributed by atoms with Gasteiger partial charge in [-0.1, -0.05) is 13.8 Å². The first-order valence-corrected chi connectivity index (χ1v) is 7.74. The Balaban J connectivity index is 1.87. The van der Waals surface area contributed by atoms with Crippen molar-refractivity contribution in [1.82, 2.24) is 9.88 Å². The summed E-state index contributed by atoms with van der Waals surface area (Å²) in [6.07, 6.45) is 5.15. The maximum Gasteiger partial charge on any atom is 0.256 e. The molecule has 1 aliphatic carbocycles. The van der Waals surface area contributed by atoms with Crippen molar-refractivity contribution in [2.75, 3.05) is 12.3 Å². The fourth-order valence-electron chi connectivity index (χ4n) is 2.71. The molecule has 0 unspecified atom stereocenters. The third-order valence-corrected chi connectivity index (χ3v) is 4.13. The van der Waals surface area contributed by atoms with Crippen LogP contribution in [0.4, 0.5) is 5.69 Å². The van der Waals surface area contributed by atoms with Crippen molar-refractivity contribution in [2.24, 2.45) is 5.92 Å². The number of nitrogens with zero attached hydrogens (tertiary/aromatic N) is 1. The van der Waals surface area contributed by atoms with Crippen molar-refractivity contribution in [3.63, 3.8) is 0 Å². The molecule has 3 N–H and O–H groups in total. The quantitative estimate of drug-likeness (QED) is 0.827. The summed E-state index contributed by atoms with van der Waals surface area (Å²) in [4.78, 5) is 18.1. The van der Waals surface area contributed by atoms with E-state index in [1.807, 2.05) is 24.4 Å². The number of aromatic amines is 1. The minimum Gasteiger partial charge on any atom is -0.399 e. The Morgan fingerprint density at radius 3 is 2.86 bits per heavy atom. The van der Waals surface area contributed by atoms with Gasteiger partial charge < -0.3 is 15.6 Å². The third kappa shape index (κ3) is 2.89. The van der Waals surface area contributed by atoms with Crippen LogP contribution in [0.1, 0.15) is 43.5 Å². The van der Waals surface area contributed by atoms with Crippen LogP contribution >= 0.6 is 0 Å². The molecule has 4 heteroatoms. The van der Waals surface area contributed by atoms with E-state index in [0.29, 0.717) is 17.6 Å². The molecule has 0 aliphatic heterocycles. The van der Waals surface area contributed by atoms with Crippen LogP contribution in [-0.4, -0.2) is 28.4 Å². The number of nitrogens with two attached hydrogens (primary N) is 1. The average Bonchev–Trinajstić information content (AvgIpc) is 3.18. The van der Waals surface area contributed by atoms with E-state index in [9.17, 15) is 4.79 Å². The van der Waals surface area contributed by atoms with E-state index in [0.717, 1.165) is 42.3 Å². The maximum absolute atomic E-state index is 12.9. The van der Waals surface area contributed by atoms with Crippen LogP contribution in [-0.2, 0) is 0 Å². The number of hydrogen-bond acceptors (Lipinski definition) is 2. The van der Waals surface area contributed by atoms with Crippen LogP contribution in [0.3, 0.4) is 0 Å². The van der Waals surface area contributed by atoms with Crippen molar-refractivity contribution < 1.29 is 4.79 Å². The standard InChI is InChI=1S/C17H23N3O/c1-11(2)7-8-20(13-4-5-13)17(21)15-10-19-16-9-12(18)3-6-14(15)16/h3,6,9-11,13,19H,4-5,7-8,18H2,1-2H3. The highest BCUT2D eigenvalue weighted by Crippen LogP contribution is 2.30. The van der Waals surface area contributed by atoms with Crippen LogP contribution in [0.2, 0.25) is 0 Å². The van der Waals surface area contributed by atoms with Crippen molar-refractivity contribution in [1.29, 1.82) is 0 Å². The molecule has 2 aromatic rings. The Hall–Kier alpha value is -1.97. The second-order valence-electron chi connectivity index (χ2n) is 6.42. The summed E-state index contributed by atoms with van der Waals surface area (Å²) in [6, 6.07) is 6.10. The largest absolute Gasteiger partial charge is 0.399 e. The van der Waals surface area contributed by atoms with Gasteiger partial charge in [-0.15, -0.1) is 0 Å². The van der Waals surface area contributed by atoms with Crippen LogP contribution in [0, 0.1) is 5.92 Å². The number of rotatable bonds is 5. The number of amides is 1. The Morgan fingerprint density at radius 1 is 1.43 bits per heavy atom. The van der Waals surface area contributed by atoms with Crippen molar-refractivity contribution in [3.05, 3.63) is 30.0 Å². The zero-order valence-corrected chi connectivity index (χ0v) is 12.7. The van der Waals surface area contributed by atoms with Gasteiger partial charge in [0.15, 0.2) is 0 Å². The van der Waals surface area contributed by atoms with Gasteiger partial charge in [0.2, 0.25) is 0 Å². The molecule has 4 nitrogen and oxygen atoms in total. The number of H-pyrrole nitrogens is 1. The van der Waals surface area contributed by atoms with Crippen molar-refractivity contribution >= 4 is 22.5 Å². The summed E-state index contributed by atoms with van der Waals surface area (Å²) in [5.74, 6) is 0.760. The van der Waals surface area contributed by atoms with E-state index in [1.54, 1.807) is 0 Å². The number of fused-ring (bicyclic) bond motifs is 1. The highest BCUT2D eigenvalue weighted by molar-refractivity contribution is 6.07. The summed E-state index contributed by atoms with van der Waals surface area (Å²) >= 11 is 0. The second-order valence-corrected chi connectivity index (χ2v) is 6.42. The van der Waals surface area contributed by atoms with Crippen molar-refractivity contribution in [2.45, 2.75) is 39.2 Å². The van der Waals surface area contributed by atoms with Gasteiger partial charge in [0.25, 0.3) is 5.91 Å². The second kappa shape index (κ2) is 5.43. The van der Waals surface area contributed by atoms with E-state index in [4.69, 9.17) is 5.73 Å². The highest BCUT2D eigenvalue weighted by Gasteiger charge is 2.33. The molecule has 112 valence electrons. The summed E-state index contributed by atoms with van der Waals surface area (Å²) in [5, 5.41) is 0.962. The van der Waals surface area contributed by atoms with E-state index in [2.05, 4.69) is 23.7 Å². The number of carbonyl (C=O) groups is 1. The predicted octanol–water partition coefficient (Wildman–Crippen LogP) is 3.40. The first kappa shape index (κ1) is 14.0. The molecule has 0 radical (unpaired) electrons. The average molecular weight is 285 g/mol. The fourth-order valence-corrected chi connectivity index (χ4v) is 2.71. The molecule has 1 saturated carbocycles. The molecule has 1 aromatic carbocycles. The van der Waals surface area contributed by atoms with Gasteiger partial charge in [0.05, 0.1) is 5.56 Å². The van der Waals surface area contributed by atoms with Gasteiger partial charge in [0.1, 0.15) is 0 Å². The van der Waals surface area contributed by atoms with Crippen LogP contribution in [0.15, 0.2) is 24.4 Å². The Kier molecular flexibility index (Phi) is 3.62. The molecule has 0 spiro atoms. The van der Waals surface area contributed by atoms with E-state index < -0.39 is 0 Å². The number of aromatic nitrogens is 1. The third-order valence-electron chi connectivity index (χ3n) is 4.13. The number of carbonyl (C=O) groups excluding carboxylic acids is 1. The van der Waals surface area contributed by atoms with Crippen LogP contribution < -0.4 is 5.73 Å². The zero-order valence-electron chi connectivity index (χ0n) is 12.7.